The van der Waals surface area contributed by atoms with E-state index >= 15 is 0 Å². The van der Waals surface area contributed by atoms with Crippen LogP contribution in [0.5, 0.6) is 11.5 Å². The summed E-state index contributed by atoms with van der Waals surface area (Å²) < 4.78 is 18.6. The fourth-order valence-electron chi connectivity index (χ4n) is 1.72. The lowest BCUT2D eigenvalue weighted by Crippen LogP contribution is -2.04. The maximum Gasteiger partial charge on any atom is 0.311 e. The molecular formula is C14H12ClFN2O3. The van der Waals surface area contributed by atoms with Crippen molar-refractivity contribution in [2.45, 2.75) is 13.0 Å². The molecule has 0 aliphatic rings. The van der Waals surface area contributed by atoms with Crippen molar-refractivity contribution < 1.29 is 14.1 Å². The number of hydrogen-bond acceptors (Lipinski definition) is 4. The van der Waals surface area contributed by atoms with Crippen LogP contribution in [0.1, 0.15) is 18.5 Å². The van der Waals surface area contributed by atoms with E-state index in [4.69, 9.17) is 22.1 Å². The number of benzene rings is 2. The summed E-state index contributed by atoms with van der Waals surface area (Å²) in [5.74, 6) is -0.663. The van der Waals surface area contributed by atoms with Crippen LogP contribution in [0.25, 0.3) is 0 Å². The van der Waals surface area contributed by atoms with Crippen molar-refractivity contribution >= 4 is 17.3 Å². The minimum atomic E-state index is -0.654. The molecule has 2 rings (SSSR count). The van der Waals surface area contributed by atoms with Gasteiger partial charge in [-0.3, -0.25) is 10.1 Å². The Hall–Kier alpha value is -2.18. The van der Waals surface area contributed by atoms with Gasteiger partial charge in [0.05, 0.1) is 9.95 Å². The van der Waals surface area contributed by atoms with Crippen molar-refractivity contribution in [1.82, 2.24) is 0 Å². The molecular weight excluding hydrogens is 299 g/mol. The summed E-state index contributed by atoms with van der Waals surface area (Å²) >= 11 is 6.05. The van der Waals surface area contributed by atoms with E-state index in [1.54, 1.807) is 19.1 Å². The lowest BCUT2D eigenvalue weighted by molar-refractivity contribution is -0.385. The van der Waals surface area contributed by atoms with Gasteiger partial charge in [0.25, 0.3) is 0 Å². The molecule has 0 unspecified atom stereocenters. The van der Waals surface area contributed by atoms with Crippen LogP contribution in [-0.4, -0.2) is 4.92 Å². The van der Waals surface area contributed by atoms with Crippen molar-refractivity contribution in [2.24, 2.45) is 5.73 Å². The van der Waals surface area contributed by atoms with Crippen molar-refractivity contribution in [3.8, 4) is 11.5 Å². The van der Waals surface area contributed by atoms with Gasteiger partial charge in [0.2, 0.25) is 5.75 Å². The van der Waals surface area contributed by atoms with Gasteiger partial charge in [0.1, 0.15) is 11.6 Å². The summed E-state index contributed by atoms with van der Waals surface area (Å²) in [6, 6.07) is 7.59. The predicted molar refractivity (Wildman–Crippen MR) is 77.2 cm³/mol. The SMILES string of the molecule is C[C@H](N)c1ccc(Oc2cc(F)ccc2[N+](=O)[O-])c(Cl)c1. The molecule has 110 valence electrons. The first-order valence-electron chi connectivity index (χ1n) is 6.05. The lowest BCUT2D eigenvalue weighted by Gasteiger charge is -2.11. The normalized spacial score (nSPS) is 12.0. The van der Waals surface area contributed by atoms with E-state index in [2.05, 4.69) is 0 Å². The fraction of sp³-hybridized carbons (Fsp3) is 0.143. The van der Waals surface area contributed by atoms with E-state index in [1.165, 1.54) is 6.07 Å². The highest BCUT2D eigenvalue weighted by atomic mass is 35.5. The lowest BCUT2D eigenvalue weighted by atomic mass is 10.1. The maximum absolute atomic E-state index is 13.2. The molecule has 0 amide bonds. The van der Waals surface area contributed by atoms with Gasteiger partial charge in [-0.1, -0.05) is 17.7 Å². The number of halogens is 2. The van der Waals surface area contributed by atoms with Gasteiger partial charge >= 0.3 is 5.69 Å². The average molecular weight is 311 g/mol. The Balaban J connectivity index is 2.38. The molecule has 2 aromatic carbocycles. The standard InChI is InChI=1S/C14H12ClFN2O3/c1-8(17)9-2-5-13(11(15)6-9)21-14-7-10(16)3-4-12(14)18(19)20/h2-8H,17H2,1H3/t8-/m0/s1. The van der Waals surface area contributed by atoms with Crippen molar-refractivity contribution in [3.05, 3.63) is 62.9 Å². The topological polar surface area (TPSA) is 78.4 Å². The smallest absolute Gasteiger partial charge is 0.311 e. The van der Waals surface area contributed by atoms with Crippen molar-refractivity contribution in [1.29, 1.82) is 0 Å². The van der Waals surface area contributed by atoms with Gasteiger partial charge in [-0.25, -0.2) is 4.39 Å². The minimum Gasteiger partial charge on any atom is -0.448 e. The number of nitrogens with zero attached hydrogens (tertiary/aromatic N) is 1. The molecule has 0 aliphatic carbocycles. The summed E-state index contributed by atoms with van der Waals surface area (Å²) in [5.41, 5.74) is 6.18. The van der Waals surface area contributed by atoms with E-state index in [9.17, 15) is 14.5 Å². The van der Waals surface area contributed by atoms with Crippen LogP contribution in [0, 0.1) is 15.9 Å². The van der Waals surface area contributed by atoms with Crippen LogP contribution < -0.4 is 10.5 Å². The highest BCUT2D eigenvalue weighted by Gasteiger charge is 2.18. The largest absolute Gasteiger partial charge is 0.448 e. The molecule has 0 aromatic heterocycles. The number of hydrogen-bond donors (Lipinski definition) is 1. The van der Waals surface area contributed by atoms with Crippen LogP contribution in [-0.2, 0) is 0 Å². The van der Waals surface area contributed by atoms with Crippen LogP contribution in [0.4, 0.5) is 10.1 Å². The van der Waals surface area contributed by atoms with Gasteiger partial charge in [0, 0.05) is 18.2 Å². The second-order valence-corrected chi connectivity index (χ2v) is 4.86. The highest BCUT2D eigenvalue weighted by Crippen LogP contribution is 2.36. The minimum absolute atomic E-state index is 0.190. The van der Waals surface area contributed by atoms with Gasteiger partial charge in [-0.15, -0.1) is 0 Å². The zero-order valence-electron chi connectivity index (χ0n) is 11.0. The molecule has 0 fully saturated rings. The molecule has 0 spiro atoms. The molecule has 0 saturated heterocycles. The van der Waals surface area contributed by atoms with Gasteiger partial charge in [-0.05, 0) is 30.7 Å². The first kappa shape index (κ1) is 15.2. The molecule has 0 saturated carbocycles. The fourth-order valence-corrected chi connectivity index (χ4v) is 1.95. The summed E-state index contributed by atoms with van der Waals surface area (Å²) in [4.78, 5) is 10.3. The molecule has 5 nitrogen and oxygen atoms in total. The molecule has 0 bridgehead atoms. The Morgan fingerprint density at radius 2 is 2.00 bits per heavy atom. The molecule has 0 aliphatic heterocycles. The number of rotatable bonds is 4. The Morgan fingerprint density at radius 3 is 2.57 bits per heavy atom. The quantitative estimate of drug-likeness (QED) is 0.678. The number of nitro groups is 1. The van der Waals surface area contributed by atoms with Crippen LogP contribution >= 0.6 is 11.6 Å². The average Bonchev–Trinajstić information content (AvgIpc) is 2.40. The van der Waals surface area contributed by atoms with Gasteiger partial charge < -0.3 is 10.5 Å². The monoisotopic (exact) mass is 310 g/mol. The van der Waals surface area contributed by atoms with E-state index < -0.39 is 10.7 Å². The molecule has 2 N–H and O–H groups in total. The number of ether oxygens (including phenoxy) is 1. The summed E-state index contributed by atoms with van der Waals surface area (Å²) in [7, 11) is 0. The maximum atomic E-state index is 13.2. The molecule has 7 heteroatoms. The second kappa shape index (κ2) is 6.07. The Bertz CT molecular complexity index is 692. The zero-order valence-corrected chi connectivity index (χ0v) is 11.8. The third-order valence-electron chi connectivity index (χ3n) is 2.82. The molecule has 0 heterocycles. The molecule has 2 aromatic rings. The summed E-state index contributed by atoms with van der Waals surface area (Å²) in [6.07, 6.45) is 0. The highest BCUT2D eigenvalue weighted by molar-refractivity contribution is 6.32. The molecule has 1 atom stereocenters. The third kappa shape index (κ3) is 3.48. The van der Waals surface area contributed by atoms with Crippen LogP contribution in [0.15, 0.2) is 36.4 Å². The van der Waals surface area contributed by atoms with Crippen LogP contribution in [0.2, 0.25) is 5.02 Å². The van der Waals surface area contributed by atoms with Gasteiger partial charge in [-0.2, -0.15) is 0 Å². The van der Waals surface area contributed by atoms with Crippen molar-refractivity contribution in [2.75, 3.05) is 0 Å². The third-order valence-corrected chi connectivity index (χ3v) is 3.12. The Labute approximate surface area is 125 Å². The van der Waals surface area contributed by atoms with Crippen LogP contribution in [0.3, 0.4) is 0 Å². The van der Waals surface area contributed by atoms with Gasteiger partial charge in [0.15, 0.2) is 0 Å². The summed E-state index contributed by atoms with van der Waals surface area (Å²) in [6.45, 7) is 1.80. The van der Waals surface area contributed by atoms with E-state index in [0.717, 1.165) is 23.8 Å². The Morgan fingerprint density at radius 1 is 1.29 bits per heavy atom. The Kier molecular flexibility index (Phi) is 4.40. The molecule has 0 radical (unpaired) electrons. The van der Waals surface area contributed by atoms with E-state index in [0.29, 0.717) is 0 Å². The van der Waals surface area contributed by atoms with E-state index in [-0.39, 0.29) is 28.3 Å². The number of nitro benzene ring substituents is 1. The number of nitrogens with two attached hydrogens (primary N) is 1. The summed E-state index contributed by atoms with van der Waals surface area (Å²) in [5, 5.41) is 11.1. The first-order chi connectivity index (χ1) is 9.88. The predicted octanol–water partition coefficient (Wildman–Crippen LogP) is 4.20. The van der Waals surface area contributed by atoms with E-state index in [1.807, 2.05) is 0 Å². The molecule has 21 heavy (non-hydrogen) atoms. The second-order valence-electron chi connectivity index (χ2n) is 4.45. The van der Waals surface area contributed by atoms with Crippen molar-refractivity contribution in [3.63, 3.8) is 0 Å². The zero-order chi connectivity index (χ0) is 15.6. The first-order valence-corrected chi connectivity index (χ1v) is 6.43.